The monoisotopic (exact) mass is 387 g/mol. The molecule has 1 fully saturated rings. The summed E-state index contributed by atoms with van der Waals surface area (Å²) in [6.07, 6.45) is 4.98. The van der Waals surface area contributed by atoms with E-state index in [0.717, 1.165) is 53.9 Å². The van der Waals surface area contributed by atoms with Crippen molar-refractivity contribution in [2.75, 3.05) is 6.54 Å². The van der Waals surface area contributed by atoms with Gasteiger partial charge in [0.25, 0.3) is 0 Å². The number of piperidine rings is 1. The number of para-hydroxylation sites is 2. The van der Waals surface area contributed by atoms with Crippen LogP contribution in [0.25, 0.3) is 16.7 Å². The number of nitrogens with one attached hydrogen (secondary N) is 1. The summed E-state index contributed by atoms with van der Waals surface area (Å²) in [5.74, 6) is 1.01. The Morgan fingerprint density at radius 2 is 1.97 bits per heavy atom. The molecule has 1 saturated heterocycles. The first-order valence-corrected chi connectivity index (χ1v) is 9.84. The van der Waals surface area contributed by atoms with E-state index in [9.17, 15) is 4.79 Å². The highest BCUT2D eigenvalue weighted by atomic mass is 16.2. The van der Waals surface area contributed by atoms with Gasteiger partial charge in [-0.15, -0.1) is 5.10 Å². The van der Waals surface area contributed by atoms with Gasteiger partial charge in [-0.25, -0.2) is 9.67 Å². The molecule has 2 aromatic carbocycles. The van der Waals surface area contributed by atoms with Crippen molar-refractivity contribution in [2.45, 2.75) is 31.7 Å². The highest BCUT2D eigenvalue weighted by molar-refractivity contribution is 5.80. The van der Waals surface area contributed by atoms with Gasteiger partial charge in [0.1, 0.15) is 12.2 Å². The first-order chi connectivity index (χ1) is 14.3. The van der Waals surface area contributed by atoms with Crippen molar-refractivity contribution in [1.29, 1.82) is 0 Å². The number of imidazole rings is 1. The summed E-state index contributed by atoms with van der Waals surface area (Å²) in [4.78, 5) is 23.3. The quantitative estimate of drug-likeness (QED) is 0.581. The maximum absolute atomic E-state index is 13.1. The minimum absolute atomic E-state index is 0.00384. The van der Waals surface area contributed by atoms with Gasteiger partial charge in [0.2, 0.25) is 5.91 Å². The number of nitrogens with zero attached hydrogens (tertiary/aromatic N) is 6. The predicted molar refractivity (Wildman–Crippen MR) is 107 cm³/mol. The Bertz CT molecular complexity index is 1080. The number of aromatic amines is 1. The molecule has 8 heteroatoms. The van der Waals surface area contributed by atoms with Crippen molar-refractivity contribution in [3.8, 4) is 5.69 Å². The fourth-order valence-corrected chi connectivity index (χ4v) is 3.97. The molecule has 8 nitrogen and oxygen atoms in total. The minimum Gasteiger partial charge on any atom is -0.340 e. The number of H-pyrrole nitrogens is 1. The first kappa shape index (κ1) is 17.5. The molecule has 5 rings (SSSR count). The first-order valence-electron chi connectivity index (χ1n) is 9.84. The van der Waals surface area contributed by atoms with Gasteiger partial charge in [-0.2, -0.15) is 0 Å². The Hall–Kier alpha value is -3.55. The standard InChI is InChI=1S/C21H21N7O/c29-20(13-15-8-10-16(11-9-15)28-14-22-25-26-28)27-12-4-3-7-19(27)21-23-17-5-1-2-6-18(17)24-21/h1-2,5-6,8-11,14,19H,3-4,7,12-13H2,(H,23,24). The number of aromatic nitrogens is 6. The van der Waals surface area contributed by atoms with Crippen LogP contribution < -0.4 is 0 Å². The zero-order valence-electron chi connectivity index (χ0n) is 15.9. The van der Waals surface area contributed by atoms with Crippen LogP contribution in [0, 0.1) is 0 Å². The molecule has 2 aromatic heterocycles. The zero-order chi connectivity index (χ0) is 19.6. The molecule has 1 atom stereocenters. The summed E-state index contributed by atoms with van der Waals surface area (Å²) < 4.78 is 1.59. The molecule has 1 amide bonds. The molecule has 0 aliphatic carbocycles. The SMILES string of the molecule is O=C(Cc1ccc(-n2cnnn2)cc1)N1CCCCC1c1nc2ccccc2[nH]1. The van der Waals surface area contributed by atoms with E-state index < -0.39 is 0 Å². The lowest BCUT2D eigenvalue weighted by molar-refractivity contribution is -0.134. The molecule has 1 aliphatic rings. The molecule has 0 bridgehead atoms. The van der Waals surface area contributed by atoms with Gasteiger partial charge in [0.05, 0.1) is 29.2 Å². The molecule has 0 saturated carbocycles. The lowest BCUT2D eigenvalue weighted by Crippen LogP contribution is -2.39. The van der Waals surface area contributed by atoms with Gasteiger partial charge < -0.3 is 9.88 Å². The fraction of sp³-hybridized carbons (Fsp3) is 0.286. The predicted octanol–water partition coefficient (Wildman–Crippen LogP) is 2.83. The second kappa shape index (κ2) is 7.46. The molecule has 4 aromatic rings. The number of fused-ring (bicyclic) bond motifs is 1. The molecular weight excluding hydrogens is 366 g/mol. The third-order valence-corrected chi connectivity index (χ3v) is 5.45. The maximum atomic E-state index is 13.1. The molecule has 1 aliphatic heterocycles. The summed E-state index contributed by atoms with van der Waals surface area (Å²) in [7, 11) is 0. The van der Waals surface area contributed by atoms with Crippen molar-refractivity contribution >= 4 is 16.9 Å². The Kier molecular flexibility index (Phi) is 4.51. The van der Waals surface area contributed by atoms with E-state index in [4.69, 9.17) is 4.98 Å². The molecule has 1 N–H and O–H groups in total. The largest absolute Gasteiger partial charge is 0.340 e. The smallest absolute Gasteiger partial charge is 0.227 e. The summed E-state index contributed by atoms with van der Waals surface area (Å²) in [6.45, 7) is 0.767. The lowest BCUT2D eigenvalue weighted by Gasteiger charge is -2.34. The highest BCUT2D eigenvalue weighted by Gasteiger charge is 2.30. The van der Waals surface area contributed by atoms with Crippen molar-refractivity contribution < 1.29 is 4.79 Å². The van der Waals surface area contributed by atoms with Crippen LogP contribution in [-0.2, 0) is 11.2 Å². The lowest BCUT2D eigenvalue weighted by atomic mass is 10.00. The van der Waals surface area contributed by atoms with Crippen LogP contribution in [0.4, 0.5) is 0 Å². The van der Waals surface area contributed by atoms with Crippen LogP contribution >= 0.6 is 0 Å². The maximum Gasteiger partial charge on any atom is 0.227 e. The number of rotatable bonds is 4. The summed E-state index contributed by atoms with van der Waals surface area (Å²) in [5.41, 5.74) is 3.79. The van der Waals surface area contributed by atoms with E-state index in [2.05, 4.69) is 20.5 Å². The van der Waals surface area contributed by atoms with Gasteiger partial charge in [-0.05, 0) is 59.5 Å². The third-order valence-electron chi connectivity index (χ3n) is 5.45. The van der Waals surface area contributed by atoms with E-state index in [0.29, 0.717) is 6.42 Å². The van der Waals surface area contributed by atoms with Crippen molar-refractivity contribution in [2.24, 2.45) is 0 Å². The van der Waals surface area contributed by atoms with E-state index >= 15 is 0 Å². The van der Waals surface area contributed by atoms with Gasteiger partial charge in [0.15, 0.2) is 0 Å². The van der Waals surface area contributed by atoms with Crippen LogP contribution in [0.1, 0.15) is 36.7 Å². The summed E-state index contributed by atoms with van der Waals surface area (Å²) in [6, 6.07) is 15.7. The Morgan fingerprint density at radius 1 is 1.10 bits per heavy atom. The molecule has 0 radical (unpaired) electrons. The van der Waals surface area contributed by atoms with Crippen LogP contribution in [-0.4, -0.2) is 47.5 Å². The highest BCUT2D eigenvalue weighted by Crippen LogP contribution is 2.31. The summed E-state index contributed by atoms with van der Waals surface area (Å²) >= 11 is 0. The molecule has 146 valence electrons. The number of benzene rings is 2. The second-order valence-corrected chi connectivity index (χ2v) is 7.34. The Morgan fingerprint density at radius 3 is 2.76 bits per heavy atom. The Labute approximate surface area is 167 Å². The van der Waals surface area contributed by atoms with Gasteiger partial charge in [0, 0.05) is 6.54 Å². The number of amides is 1. The number of tetrazole rings is 1. The number of hydrogen-bond donors (Lipinski definition) is 1. The number of carbonyl (C=O) groups is 1. The van der Waals surface area contributed by atoms with Crippen molar-refractivity contribution in [3.05, 3.63) is 66.2 Å². The normalized spacial score (nSPS) is 17.0. The van der Waals surface area contributed by atoms with E-state index in [1.54, 1.807) is 11.0 Å². The number of hydrogen-bond acceptors (Lipinski definition) is 5. The fourth-order valence-electron chi connectivity index (χ4n) is 3.97. The minimum atomic E-state index is 0.00384. The van der Waals surface area contributed by atoms with E-state index in [1.807, 2.05) is 53.4 Å². The van der Waals surface area contributed by atoms with Gasteiger partial charge >= 0.3 is 0 Å². The molecule has 3 heterocycles. The number of carbonyl (C=O) groups excluding carboxylic acids is 1. The number of likely N-dealkylation sites (tertiary alicyclic amines) is 1. The van der Waals surface area contributed by atoms with Crippen LogP contribution in [0.3, 0.4) is 0 Å². The summed E-state index contributed by atoms with van der Waals surface area (Å²) in [5, 5.41) is 11.2. The molecule has 29 heavy (non-hydrogen) atoms. The third kappa shape index (κ3) is 3.49. The molecule has 1 unspecified atom stereocenters. The Balaban J connectivity index is 1.34. The van der Waals surface area contributed by atoms with Crippen LogP contribution in [0.2, 0.25) is 0 Å². The zero-order valence-corrected chi connectivity index (χ0v) is 15.9. The topological polar surface area (TPSA) is 92.6 Å². The van der Waals surface area contributed by atoms with E-state index in [-0.39, 0.29) is 11.9 Å². The van der Waals surface area contributed by atoms with E-state index in [1.165, 1.54) is 0 Å². The van der Waals surface area contributed by atoms with Crippen molar-refractivity contribution in [3.63, 3.8) is 0 Å². The average Bonchev–Trinajstić information content (AvgIpc) is 3.44. The average molecular weight is 387 g/mol. The van der Waals surface area contributed by atoms with Crippen molar-refractivity contribution in [1.82, 2.24) is 35.1 Å². The van der Waals surface area contributed by atoms with Gasteiger partial charge in [-0.1, -0.05) is 24.3 Å². The molecular formula is C21H21N7O. The second-order valence-electron chi connectivity index (χ2n) is 7.34. The van der Waals surface area contributed by atoms with Crippen LogP contribution in [0.15, 0.2) is 54.9 Å². The molecule has 0 spiro atoms. The van der Waals surface area contributed by atoms with Crippen LogP contribution in [0.5, 0.6) is 0 Å². The van der Waals surface area contributed by atoms with Gasteiger partial charge in [-0.3, -0.25) is 4.79 Å².